The number of aromatic nitrogens is 12. The second-order valence-electron chi connectivity index (χ2n) is 33.5. The number of nitrogens with zero attached hydrogens (tertiary/aromatic N) is 15. The number of methoxy groups -OCH3 is 3. The highest BCUT2D eigenvalue weighted by molar-refractivity contribution is 14.1. The summed E-state index contributed by atoms with van der Waals surface area (Å²) in [6, 6.07) is 41.0. The molecule has 10 aromatic heterocycles. The number of aryl methyl sites for hydroxylation is 1. The number of primary amides is 2. The third-order valence-corrected chi connectivity index (χ3v) is 26.6. The van der Waals surface area contributed by atoms with Crippen molar-refractivity contribution in [2.45, 2.75) is 122 Å². The fourth-order valence-electron chi connectivity index (χ4n) is 16.4. The number of aromatic amines is 1. The number of hydrogen-bond acceptors (Lipinski definition) is 27. The third-order valence-electron chi connectivity index (χ3n) is 23.7. The molecule has 0 spiro atoms. The summed E-state index contributed by atoms with van der Waals surface area (Å²) in [5, 5.41) is 37.5. The summed E-state index contributed by atoms with van der Waals surface area (Å²) in [6.45, 7) is 11.8. The summed E-state index contributed by atoms with van der Waals surface area (Å²) >= 11 is 4.96. The van der Waals surface area contributed by atoms with E-state index in [2.05, 4.69) is 108 Å². The Morgan fingerprint density at radius 3 is 2.24 bits per heavy atom. The van der Waals surface area contributed by atoms with Gasteiger partial charge < -0.3 is 70.7 Å². The molecule has 0 radical (unpaired) electrons. The molecule has 2 aliphatic heterocycles. The number of carbonyl (C=O) groups is 5. The van der Waals surface area contributed by atoms with Gasteiger partial charge in [-0.05, 0) is 193 Å². The first-order valence-corrected chi connectivity index (χ1v) is 47.9. The zero-order valence-corrected chi connectivity index (χ0v) is 80.6. The van der Waals surface area contributed by atoms with E-state index in [1.165, 1.54) is 61.3 Å². The van der Waals surface area contributed by atoms with Crippen LogP contribution in [0, 0.1) is 26.6 Å². The minimum Gasteiger partial charge on any atom is -0.497 e. The van der Waals surface area contributed by atoms with Crippen molar-refractivity contribution in [2.24, 2.45) is 17.4 Å². The fourth-order valence-corrected chi connectivity index (χ4v) is 18.7. The van der Waals surface area contributed by atoms with Crippen LogP contribution in [0.25, 0.3) is 71.5 Å². The Hall–Kier alpha value is -14.2. The van der Waals surface area contributed by atoms with E-state index in [1.54, 1.807) is 69.0 Å². The highest BCUT2D eigenvalue weighted by atomic mass is 127. The van der Waals surface area contributed by atoms with E-state index in [-0.39, 0.29) is 67.9 Å². The number of nitrogen functional groups attached to an aromatic ring is 1. The average molecular weight is 2010 g/mol. The van der Waals surface area contributed by atoms with Gasteiger partial charge in [-0.25, -0.2) is 43.6 Å². The Kier molecular flexibility index (Phi) is 34.1. The van der Waals surface area contributed by atoms with Gasteiger partial charge in [-0.1, -0.05) is 81.6 Å². The van der Waals surface area contributed by atoms with E-state index in [0.717, 1.165) is 184 Å². The number of benzene rings is 5. The minimum absolute atomic E-state index is 0.0392. The number of ether oxygens (including phenoxy) is 4. The summed E-state index contributed by atoms with van der Waals surface area (Å²) in [4.78, 5) is 113. The number of carboxylic acid groups (broad SMARTS) is 1. The number of piperazine rings is 1. The number of likely N-dealkylation sites (tertiary alicyclic amines) is 1. The molecular weight excluding hydrogens is 1900 g/mol. The number of aromatic carboxylic acids is 1. The monoisotopic (exact) mass is 2000 g/mol. The molecular formula is C100H107FIN21O12S2. The number of nitrogens with one attached hydrogen (secondary N) is 3. The number of urea groups is 1. The van der Waals surface area contributed by atoms with Crippen LogP contribution in [0.2, 0.25) is 0 Å². The molecule has 1 aliphatic carbocycles. The lowest BCUT2D eigenvalue weighted by Gasteiger charge is -2.32. The van der Waals surface area contributed by atoms with Crippen molar-refractivity contribution in [3.05, 3.63) is 246 Å². The third kappa shape index (κ3) is 25.9. The van der Waals surface area contributed by atoms with Gasteiger partial charge in [0, 0.05) is 117 Å². The number of amides is 4. The number of unbranched alkanes of at least 4 members (excludes halogenated alkanes) is 2. The lowest BCUT2D eigenvalue weighted by Crippen LogP contribution is -2.44. The van der Waals surface area contributed by atoms with Crippen molar-refractivity contribution in [3.63, 3.8) is 0 Å². The molecule has 12 heterocycles. The summed E-state index contributed by atoms with van der Waals surface area (Å²) in [5.74, 6) is 2.56. The van der Waals surface area contributed by atoms with Gasteiger partial charge in [-0.2, -0.15) is 25.4 Å². The van der Waals surface area contributed by atoms with Crippen LogP contribution in [0.1, 0.15) is 161 Å². The Bertz CT molecular complexity index is 6820. The Balaban J connectivity index is 0.000000140. The number of rotatable bonds is 31. The highest BCUT2D eigenvalue weighted by Gasteiger charge is 2.29. The molecule has 37 heteroatoms. The van der Waals surface area contributed by atoms with E-state index in [1.807, 2.05) is 126 Å². The van der Waals surface area contributed by atoms with Crippen molar-refractivity contribution in [2.75, 3.05) is 97.2 Å². The van der Waals surface area contributed by atoms with Gasteiger partial charge in [0.05, 0.1) is 113 Å². The maximum atomic E-state index is 12.8. The summed E-state index contributed by atoms with van der Waals surface area (Å²) in [7, 11) is 7.02. The molecule has 710 valence electrons. The van der Waals surface area contributed by atoms with E-state index in [0.29, 0.717) is 88.5 Å². The normalized spacial score (nSPS) is 13.4. The van der Waals surface area contributed by atoms with Crippen LogP contribution in [0.3, 0.4) is 0 Å². The summed E-state index contributed by atoms with van der Waals surface area (Å²) in [6.07, 6.45) is 26.8. The van der Waals surface area contributed by atoms with E-state index in [9.17, 15) is 38.4 Å². The molecule has 0 unspecified atom stereocenters. The topological polar surface area (TPSA) is 450 Å². The van der Waals surface area contributed by atoms with Gasteiger partial charge in [-0.15, -0.1) is 22.7 Å². The van der Waals surface area contributed by atoms with Gasteiger partial charge in [-0.3, -0.25) is 29.2 Å². The maximum absolute atomic E-state index is 12.8. The van der Waals surface area contributed by atoms with Gasteiger partial charge in [0.2, 0.25) is 28.7 Å². The number of H-pyrrole nitrogens is 1. The maximum Gasteiger partial charge on any atom is 0.339 e. The molecule has 18 rings (SSSR count). The molecule has 0 bridgehead atoms. The molecule has 4 amide bonds. The number of nitrogens with two attached hydrogens (primary N) is 3. The number of carboxylic acids is 1. The Labute approximate surface area is 811 Å². The number of nitriles is 1. The van der Waals surface area contributed by atoms with Crippen LogP contribution in [-0.2, 0) is 24.1 Å². The van der Waals surface area contributed by atoms with Crippen molar-refractivity contribution < 1.29 is 56.8 Å². The number of Topliss-reactive ketones (excluding diaryl/α,β-unsaturated/α-hetero) is 1. The molecule has 5 aromatic carbocycles. The molecule has 10 N–H and O–H groups in total. The number of hydrogen-bond donors (Lipinski definition) is 7. The van der Waals surface area contributed by atoms with Crippen molar-refractivity contribution in [1.29, 1.82) is 5.26 Å². The van der Waals surface area contributed by atoms with E-state index in [4.69, 9.17) is 55.6 Å². The van der Waals surface area contributed by atoms with Crippen molar-refractivity contribution in [3.8, 4) is 56.5 Å². The predicted molar refractivity (Wildman–Crippen MR) is 535 cm³/mol. The zero-order chi connectivity index (χ0) is 96.6. The molecule has 3 fully saturated rings. The quantitative estimate of drug-likeness (QED) is 0.00918. The predicted octanol–water partition coefficient (Wildman–Crippen LogP) is 17.8. The number of ketones is 1. The summed E-state index contributed by atoms with van der Waals surface area (Å²) < 4.78 is 45.9. The van der Waals surface area contributed by atoms with Gasteiger partial charge in [0.1, 0.15) is 51.3 Å². The number of anilines is 4. The second-order valence-corrected chi connectivity index (χ2v) is 36.7. The molecule has 33 nitrogen and oxygen atoms in total. The fraction of sp³-hybridized carbons (Fsp3) is 0.320. The number of thiophene rings is 2. The first kappa shape index (κ1) is 98.8. The average Bonchev–Trinajstić information content (AvgIpc) is 1.67. The van der Waals surface area contributed by atoms with Gasteiger partial charge in [0.15, 0.2) is 22.9 Å². The number of fused-ring (bicyclic) bond motifs is 4. The van der Waals surface area contributed by atoms with Crippen molar-refractivity contribution in [1.82, 2.24) is 74.1 Å². The Morgan fingerprint density at radius 1 is 0.752 bits per heavy atom. The van der Waals surface area contributed by atoms with Crippen LogP contribution in [0.4, 0.5) is 31.6 Å². The smallest absolute Gasteiger partial charge is 0.339 e. The van der Waals surface area contributed by atoms with Crippen LogP contribution >= 0.6 is 45.3 Å². The SMILES string of the molecule is CC(C)c1ccc2oc3nc(N)c(C(=O)O)cc3c(=O)c2c1.COc1ccc(-n2ncc3cnc(Nc4cc(OC)c(OC)c(OCCCN5CCN(C)CC5)c4)nc32)cc1.N#CC[C@H](C1CCCC1)n1cc(-c2ncnc3[nH]ccc23)cn1.NC(=O)Nc1sc(-c2ccc(F)cc2)cc1C(N)=O.O=C(CCCCCc1nc(Cc2cccc(CC(=O)N3CCCC3)c2)ncc1I)c1cccs1. The second kappa shape index (κ2) is 47.3. The van der Waals surface area contributed by atoms with Crippen molar-refractivity contribution >= 4 is 141 Å². The van der Waals surface area contributed by atoms with Crippen LogP contribution < -0.4 is 52.2 Å². The lowest BCUT2D eigenvalue weighted by molar-refractivity contribution is -0.129. The number of halogens is 2. The molecule has 1 saturated carbocycles. The first-order valence-electron chi connectivity index (χ1n) is 45.1. The van der Waals surface area contributed by atoms with E-state index >= 15 is 0 Å². The molecule has 137 heavy (non-hydrogen) atoms. The van der Waals surface area contributed by atoms with Crippen LogP contribution in [0.5, 0.6) is 23.0 Å². The highest BCUT2D eigenvalue weighted by Crippen LogP contribution is 2.42. The van der Waals surface area contributed by atoms with Crippen LogP contribution in [0.15, 0.2) is 192 Å². The standard InChI is InChI=1S/C28H35N7O4.C27H30IN3O2S.C17H18N6.C16H14N2O4.C12H10FN3O2S/c1-33-11-13-34(14-12-33)10-5-15-39-25-17-21(16-24(37-3)26(25)38-4)31-28-29-18-20-19-30-35(27(20)32-28)22-6-8-23(36-2)9-7-22;28-22-19-29-26(30-23(22)10-2-1-3-11-24(32)25-12-7-15-34-25)17-20-8-6-9-21(16-20)18-27(33)31-13-4-5-14-31;18-7-5-15(12-3-1-2-4-12)23-10-13(9-22-23)16-14-6-8-19-17(14)21-11-20-16;1-7(2)8-3-4-12-9(5-8)13(19)10-6-11(16(20)21)14(17)18-15(10)22-12;13-7-3-1-6(2-4-7)9-5-8(10(14)17)11(19-9)16-12(15)18/h6-9,16-19H,5,10-15H2,1-4H3,(H,29,31,32);6-9,12,15-16,19H,1-5,10-11,13-14,17-18H2;6,8-12,15H,1-5H2,(H,19,20,21);3-7H,1-2H3,(H2,17,18)(H,20,21);1-5H,(H2,14,17)(H3,15,16,18)/t;;15-;;/m..1../s1. The molecule has 2 saturated heterocycles. The van der Waals surface area contributed by atoms with E-state index < -0.39 is 17.9 Å². The number of likely N-dealkylation sites (N-methyl/N-ethyl adjacent to an activating group) is 1. The van der Waals surface area contributed by atoms with Crippen LogP contribution in [-0.4, -0.2) is 190 Å². The minimum atomic E-state index is -1.23. The van der Waals surface area contributed by atoms with Gasteiger partial charge >= 0.3 is 12.0 Å². The Morgan fingerprint density at radius 2 is 1.53 bits per heavy atom. The number of pyridine rings is 1. The molecule has 1 atom stereocenters. The first-order chi connectivity index (χ1) is 66.4. The molecule has 15 aromatic rings. The molecule has 3 aliphatic rings. The van der Waals surface area contributed by atoms with Gasteiger partial charge in [0.25, 0.3) is 5.91 Å². The number of carbonyl (C=O) groups excluding carboxylic acids is 4. The zero-order valence-electron chi connectivity index (χ0n) is 76.8. The summed E-state index contributed by atoms with van der Waals surface area (Å²) in [5.41, 5.74) is 25.8. The largest absolute Gasteiger partial charge is 0.497 e. The lowest BCUT2D eigenvalue weighted by atomic mass is 9.96.